The number of rotatable bonds is 12. The van der Waals surface area contributed by atoms with E-state index in [1.54, 1.807) is 25.4 Å². The zero-order valence-corrected chi connectivity index (χ0v) is 24.7. The number of aryl methyl sites for hydroxylation is 1. The molecule has 2 heterocycles. The summed E-state index contributed by atoms with van der Waals surface area (Å²) in [5.41, 5.74) is 3.89. The van der Waals surface area contributed by atoms with Crippen molar-refractivity contribution in [3.05, 3.63) is 54.9 Å². The van der Waals surface area contributed by atoms with Crippen LogP contribution in [0, 0.1) is 0 Å². The molecule has 0 saturated heterocycles. The lowest BCUT2D eigenvalue weighted by molar-refractivity contribution is -0.116. The number of aromatic nitrogens is 3. The molecule has 0 spiro atoms. The number of carbonyl (C=O) groups excluding carboxylic acids is 1. The average Bonchev–Trinajstić information content (AvgIpc) is 3.27. The molecule has 4 rings (SSSR count). The van der Waals surface area contributed by atoms with Gasteiger partial charge >= 0.3 is 0 Å². The Balaban J connectivity index is 1.69. The van der Waals surface area contributed by atoms with Crippen LogP contribution in [0.3, 0.4) is 0 Å². The van der Waals surface area contributed by atoms with Crippen LogP contribution in [0.4, 0.5) is 17.3 Å². The summed E-state index contributed by atoms with van der Waals surface area (Å²) >= 11 is 0. The van der Waals surface area contributed by atoms with Crippen LogP contribution < -0.4 is 15.4 Å². The Morgan fingerprint density at radius 3 is 2.52 bits per heavy atom. The van der Waals surface area contributed by atoms with Crippen molar-refractivity contribution in [1.82, 2.24) is 24.3 Å². The molecule has 212 valence electrons. The van der Waals surface area contributed by atoms with Gasteiger partial charge in [0.25, 0.3) is 0 Å². The molecule has 1 atom stereocenters. The molecule has 11 heteroatoms. The SMILES string of the molecule is COc1cc(S(=O)CCN(C)C)c(NC(=O)CCN(C)C)cc1Nc1nccc(-c2cn(C)c3ccccc23)n1. The van der Waals surface area contributed by atoms with Crippen molar-refractivity contribution in [2.45, 2.75) is 11.3 Å². The van der Waals surface area contributed by atoms with E-state index < -0.39 is 10.8 Å². The molecule has 0 aliphatic carbocycles. The van der Waals surface area contributed by atoms with Crippen molar-refractivity contribution >= 4 is 44.9 Å². The van der Waals surface area contributed by atoms with Crippen molar-refractivity contribution in [3.63, 3.8) is 0 Å². The summed E-state index contributed by atoms with van der Waals surface area (Å²) in [6.07, 6.45) is 4.06. The first-order valence-electron chi connectivity index (χ1n) is 13.0. The summed E-state index contributed by atoms with van der Waals surface area (Å²) in [4.78, 5) is 26.4. The molecule has 4 aromatic rings. The van der Waals surface area contributed by atoms with Gasteiger partial charge in [-0.3, -0.25) is 9.00 Å². The average molecular weight is 564 g/mol. The summed E-state index contributed by atoms with van der Waals surface area (Å²) in [5.74, 6) is 1.10. The highest BCUT2D eigenvalue weighted by atomic mass is 32.2. The Hall–Kier alpha value is -3.80. The van der Waals surface area contributed by atoms with Crippen molar-refractivity contribution < 1.29 is 13.7 Å². The number of carbonyl (C=O) groups is 1. The lowest BCUT2D eigenvalue weighted by Gasteiger charge is -2.18. The molecular formula is C29H37N7O3S. The van der Waals surface area contributed by atoms with Crippen LogP contribution in [0.25, 0.3) is 22.2 Å². The molecule has 0 bridgehead atoms. The lowest BCUT2D eigenvalue weighted by atomic mass is 10.1. The Labute approximate surface area is 237 Å². The van der Waals surface area contributed by atoms with Crippen LogP contribution in [-0.2, 0) is 22.6 Å². The standard InChI is InChI=1S/C29H37N7O3S/c1-34(2)14-12-28(37)31-24-17-23(26(39-6)18-27(24)40(38)16-15-35(3)4)33-29-30-13-11-22(32-29)21-19-36(5)25-10-8-7-9-20(21)25/h7-11,13,17-19H,12,14-16H2,1-6H3,(H,31,37)(H,30,32,33). The fourth-order valence-electron chi connectivity index (χ4n) is 4.26. The van der Waals surface area contributed by atoms with Gasteiger partial charge in [-0.25, -0.2) is 9.97 Å². The molecule has 1 unspecified atom stereocenters. The van der Waals surface area contributed by atoms with E-state index in [1.807, 2.05) is 63.2 Å². The fraction of sp³-hybridized carbons (Fsp3) is 0.345. The van der Waals surface area contributed by atoms with Gasteiger partial charge in [-0.1, -0.05) is 18.2 Å². The normalized spacial score (nSPS) is 12.2. The number of methoxy groups -OCH3 is 1. The minimum absolute atomic E-state index is 0.162. The molecule has 40 heavy (non-hydrogen) atoms. The summed E-state index contributed by atoms with van der Waals surface area (Å²) in [5, 5.41) is 7.31. The maximum Gasteiger partial charge on any atom is 0.227 e. The second kappa shape index (κ2) is 13.0. The summed E-state index contributed by atoms with van der Waals surface area (Å²) in [7, 11) is 9.89. The largest absolute Gasteiger partial charge is 0.495 e. The number of hydrogen-bond acceptors (Lipinski definition) is 8. The number of fused-ring (bicyclic) bond motifs is 1. The third-order valence-electron chi connectivity index (χ3n) is 6.41. The second-order valence-corrected chi connectivity index (χ2v) is 11.6. The minimum Gasteiger partial charge on any atom is -0.495 e. The molecule has 10 nitrogen and oxygen atoms in total. The van der Waals surface area contributed by atoms with E-state index in [4.69, 9.17) is 9.72 Å². The number of benzene rings is 2. The molecule has 0 aliphatic heterocycles. The van der Waals surface area contributed by atoms with Gasteiger partial charge < -0.3 is 29.7 Å². The molecule has 0 aliphatic rings. The summed E-state index contributed by atoms with van der Waals surface area (Å²) < 4.78 is 21.0. The van der Waals surface area contributed by atoms with Crippen LogP contribution in [0.2, 0.25) is 0 Å². The lowest BCUT2D eigenvalue weighted by Crippen LogP contribution is -2.22. The van der Waals surface area contributed by atoms with E-state index in [0.717, 1.165) is 22.2 Å². The van der Waals surface area contributed by atoms with E-state index >= 15 is 0 Å². The van der Waals surface area contributed by atoms with E-state index in [2.05, 4.69) is 38.5 Å². The number of anilines is 3. The van der Waals surface area contributed by atoms with Gasteiger partial charge in [0, 0.05) is 67.2 Å². The summed E-state index contributed by atoms with van der Waals surface area (Å²) in [6.45, 7) is 1.23. The number of ether oxygens (including phenoxy) is 1. The smallest absolute Gasteiger partial charge is 0.227 e. The van der Waals surface area contributed by atoms with Crippen molar-refractivity contribution in [3.8, 4) is 17.0 Å². The first-order valence-corrected chi connectivity index (χ1v) is 14.3. The molecule has 2 N–H and O–H groups in total. The van der Waals surface area contributed by atoms with Gasteiger partial charge in [0.05, 0.1) is 39.9 Å². The zero-order chi connectivity index (χ0) is 28.8. The number of nitrogens with zero attached hydrogens (tertiary/aromatic N) is 5. The van der Waals surface area contributed by atoms with Crippen LogP contribution in [-0.4, -0.2) is 88.6 Å². The van der Waals surface area contributed by atoms with Crippen LogP contribution in [0.15, 0.2) is 59.8 Å². The van der Waals surface area contributed by atoms with Gasteiger partial charge in [-0.05, 0) is 46.4 Å². The summed E-state index contributed by atoms with van der Waals surface area (Å²) in [6, 6.07) is 13.5. The molecule has 0 radical (unpaired) electrons. The quantitative estimate of drug-likeness (QED) is 0.267. The Bertz CT molecular complexity index is 1520. The zero-order valence-electron chi connectivity index (χ0n) is 23.9. The Morgan fingerprint density at radius 2 is 1.80 bits per heavy atom. The highest BCUT2D eigenvalue weighted by Crippen LogP contribution is 2.36. The molecule has 0 saturated carbocycles. The van der Waals surface area contributed by atoms with E-state index in [-0.39, 0.29) is 5.91 Å². The van der Waals surface area contributed by atoms with E-state index in [9.17, 15) is 9.00 Å². The maximum absolute atomic E-state index is 13.3. The first-order chi connectivity index (χ1) is 19.2. The van der Waals surface area contributed by atoms with Crippen molar-refractivity contribution in [1.29, 1.82) is 0 Å². The van der Waals surface area contributed by atoms with E-state index in [1.165, 1.54) is 0 Å². The highest BCUT2D eigenvalue weighted by molar-refractivity contribution is 7.85. The van der Waals surface area contributed by atoms with Gasteiger partial charge in [-0.2, -0.15) is 0 Å². The van der Waals surface area contributed by atoms with E-state index in [0.29, 0.717) is 53.2 Å². The van der Waals surface area contributed by atoms with Crippen LogP contribution in [0.1, 0.15) is 6.42 Å². The maximum atomic E-state index is 13.3. The minimum atomic E-state index is -1.36. The molecule has 1 amide bonds. The first kappa shape index (κ1) is 29.2. The predicted molar refractivity (Wildman–Crippen MR) is 162 cm³/mol. The van der Waals surface area contributed by atoms with Crippen molar-refractivity contribution in [2.24, 2.45) is 7.05 Å². The van der Waals surface area contributed by atoms with Gasteiger partial charge in [0.2, 0.25) is 11.9 Å². The van der Waals surface area contributed by atoms with Gasteiger partial charge in [-0.15, -0.1) is 0 Å². The second-order valence-electron chi connectivity index (χ2n) is 10.1. The Morgan fingerprint density at radius 1 is 1.05 bits per heavy atom. The third-order valence-corrected chi connectivity index (χ3v) is 7.79. The molecule has 0 fully saturated rings. The fourth-order valence-corrected chi connectivity index (χ4v) is 5.61. The number of nitrogens with one attached hydrogen (secondary N) is 2. The molecule has 2 aromatic heterocycles. The predicted octanol–water partition coefficient (Wildman–Crippen LogP) is 3.95. The number of para-hydroxylation sites is 1. The Kier molecular flexibility index (Phi) is 9.51. The van der Waals surface area contributed by atoms with Crippen molar-refractivity contribution in [2.75, 3.05) is 64.8 Å². The topological polar surface area (TPSA) is 105 Å². The highest BCUT2D eigenvalue weighted by Gasteiger charge is 2.19. The number of hydrogen-bond donors (Lipinski definition) is 2. The van der Waals surface area contributed by atoms with Gasteiger partial charge in [0.1, 0.15) is 5.75 Å². The molecular weight excluding hydrogens is 526 g/mol. The third kappa shape index (κ3) is 7.04. The monoisotopic (exact) mass is 563 g/mol. The number of amides is 1. The van der Waals surface area contributed by atoms with Crippen LogP contribution >= 0.6 is 0 Å². The molecule has 2 aromatic carbocycles. The van der Waals surface area contributed by atoms with Gasteiger partial charge in [0.15, 0.2) is 0 Å². The van der Waals surface area contributed by atoms with Crippen LogP contribution in [0.5, 0.6) is 5.75 Å².